The second-order valence-corrected chi connectivity index (χ2v) is 7.03. The van der Waals surface area contributed by atoms with Gasteiger partial charge in [-0.2, -0.15) is 0 Å². The third-order valence-corrected chi connectivity index (χ3v) is 4.92. The molecule has 0 heterocycles. The lowest BCUT2D eigenvalue weighted by molar-refractivity contribution is -0.142. The number of benzene rings is 3. The number of amides is 2. The number of nitrogens with zero attached hydrogens (tertiary/aromatic N) is 1. The van der Waals surface area contributed by atoms with E-state index in [-0.39, 0.29) is 19.1 Å². The molecule has 31 heavy (non-hydrogen) atoms. The second-order valence-electron chi connectivity index (χ2n) is 7.03. The van der Waals surface area contributed by atoms with Crippen LogP contribution in [-0.4, -0.2) is 36.4 Å². The van der Waals surface area contributed by atoms with Crippen LogP contribution >= 0.6 is 0 Å². The zero-order valence-electron chi connectivity index (χ0n) is 17.3. The molecule has 0 unspecified atom stereocenters. The molecule has 6 heteroatoms. The van der Waals surface area contributed by atoms with Gasteiger partial charge in [0, 0.05) is 25.6 Å². The molecule has 0 aliphatic heterocycles. The van der Waals surface area contributed by atoms with Crippen LogP contribution in [0.25, 0.3) is 0 Å². The zero-order valence-corrected chi connectivity index (χ0v) is 17.3. The molecule has 2 amide bonds. The maximum atomic E-state index is 14.4. The van der Waals surface area contributed by atoms with Crippen molar-refractivity contribution in [3.63, 3.8) is 0 Å². The van der Waals surface area contributed by atoms with Gasteiger partial charge in [-0.1, -0.05) is 66.7 Å². The highest BCUT2D eigenvalue weighted by Crippen LogP contribution is 2.17. The Morgan fingerprint density at radius 3 is 2.19 bits per heavy atom. The van der Waals surface area contributed by atoms with Crippen LogP contribution in [0, 0.1) is 5.82 Å². The molecule has 1 N–H and O–H groups in total. The van der Waals surface area contributed by atoms with Gasteiger partial charge in [-0.05, 0) is 23.8 Å². The van der Waals surface area contributed by atoms with Crippen LogP contribution in [0.3, 0.4) is 0 Å². The lowest BCUT2D eigenvalue weighted by Gasteiger charge is -2.31. The Bertz CT molecular complexity index is 996. The molecule has 3 aromatic carbocycles. The average Bonchev–Trinajstić information content (AvgIpc) is 2.81. The molecule has 1 atom stereocenters. The fraction of sp³-hybridized carbons (Fsp3) is 0.200. The minimum Gasteiger partial charge on any atom is -0.484 e. The van der Waals surface area contributed by atoms with E-state index in [1.807, 2.05) is 36.4 Å². The van der Waals surface area contributed by atoms with Crippen LogP contribution in [0.2, 0.25) is 0 Å². The number of hydrogen-bond acceptors (Lipinski definition) is 3. The van der Waals surface area contributed by atoms with Gasteiger partial charge < -0.3 is 15.0 Å². The van der Waals surface area contributed by atoms with E-state index < -0.39 is 17.8 Å². The highest BCUT2D eigenvalue weighted by atomic mass is 19.1. The number of carbonyl (C=O) groups excluding carboxylic acids is 2. The molecule has 0 spiro atoms. The largest absolute Gasteiger partial charge is 0.484 e. The Morgan fingerprint density at radius 1 is 0.935 bits per heavy atom. The van der Waals surface area contributed by atoms with Gasteiger partial charge >= 0.3 is 0 Å². The molecule has 0 aliphatic rings. The fourth-order valence-electron chi connectivity index (χ4n) is 3.28. The number of hydrogen-bond donors (Lipinski definition) is 1. The van der Waals surface area contributed by atoms with Gasteiger partial charge in [0.05, 0.1) is 0 Å². The van der Waals surface area contributed by atoms with Crippen molar-refractivity contribution in [3.05, 3.63) is 102 Å². The van der Waals surface area contributed by atoms with Gasteiger partial charge in [0.25, 0.3) is 5.91 Å². The molecule has 0 saturated heterocycles. The normalized spacial score (nSPS) is 11.4. The SMILES string of the molecule is CNC(=O)[C@@H](Cc1ccccc1)N(Cc1ccccc1F)C(=O)COc1ccccc1. The van der Waals surface area contributed by atoms with Crippen molar-refractivity contribution >= 4 is 11.8 Å². The van der Waals surface area contributed by atoms with Crippen molar-refractivity contribution in [2.24, 2.45) is 0 Å². The predicted octanol–water partition coefficient (Wildman–Crippen LogP) is 3.59. The van der Waals surface area contributed by atoms with Gasteiger partial charge in [0.1, 0.15) is 17.6 Å². The number of carbonyl (C=O) groups is 2. The summed E-state index contributed by atoms with van der Waals surface area (Å²) in [7, 11) is 1.52. The molecule has 0 radical (unpaired) electrons. The lowest BCUT2D eigenvalue weighted by atomic mass is 10.0. The highest BCUT2D eigenvalue weighted by molar-refractivity contribution is 5.88. The van der Waals surface area contributed by atoms with Crippen molar-refractivity contribution in [3.8, 4) is 5.75 Å². The Hall–Kier alpha value is -3.67. The average molecular weight is 420 g/mol. The summed E-state index contributed by atoms with van der Waals surface area (Å²) in [4.78, 5) is 27.3. The highest BCUT2D eigenvalue weighted by Gasteiger charge is 2.30. The second kappa shape index (κ2) is 10.9. The third kappa shape index (κ3) is 6.15. The smallest absolute Gasteiger partial charge is 0.261 e. The van der Waals surface area contributed by atoms with E-state index in [1.54, 1.807) is 42.5 Å². The van der Waals surface area contributed by atoms with Crippen molar-refractivity contribution < 1.29 is 18.7 Å². The van der Waals surface area contributed by atoms with Crippen LogP contribution in [0.4, 0.5) is 4.39 Å². The molecule has 0 aliphatic carbocycles. The fourth-order valence-corrected chi connectivity index (χ4v) is 3.28. The first-order valence-corrected chi connectivity index (χ1v) is 10.0. The van der Waals surface area contributed by atoms with E-state index in [0.717, 1.165) is 5.56 Å². The maximum absolute atomic E-state index is 14.4. The summed E-state index contributed by atoms with van der Waals surface area (Å²) >= 11 is 0. The standard InChI is InChI=1S/C25H25FN2O3/c1-27-25(30)23(16-19-10-4-2-5-11-19)28(17-20-12-8-9-15-22(20)26)24(29)18-31-21-13-6-3-7-14-21/h2-15,23H,16-18H2,1H3,(H,27,30)/t23-/m1/s1. The number of nitrogens with one attached hydrogen (secondary N) is 1. The Labute approximate surface area is 181 Å². The first-order chi connectivity index (χ1) is 15.1. The van der Waals surface area contributed by atoms with E-state index in [2.05, 4.69) is 5.32 Å². The maximum Gasteiger partial charge on any atom is 0.261 e. The summed E-state index contributed by atoms with van der Waals surface area (Å²) in [6.45, 7) is -0.310. The summed E-state index contributed by atoms with van der Waals surface area (Å²) < 4.78 is 20.0. The Morgan fingerprint density at radius 2 is 1.55 bits per heavy atom. The molecule has 0 fully saturated rings. The number of ether oxygens (including phenoxy) is 1. The predicted molar refractivity (Wildman–Crippen MR) is 117 cm³/mol. The van der Waals surface area contributed by atoms with Crippen molar-refractivity contribution in [1.82, 2.24) is 10.2 Å². The van der Waals surface area contributed by atoms with Gasteiger partial charge in [-0.3, -0.25) is 9.59 Å². The first-order valence-electron chi connectivity index (χ1n) is 10.0. The minimum atomic E-state index is -0.820. The molecule has 3 rings (SSSR count). The molecule has 0 saturated carbocycles. The summed E-state index contributed by atoms with van der Waals surface area (Å²) in [6, 6.07) is 23.8. The summed E-state index contributed by atoms with van der Waals surface area (Å²) in [6.07, 6.45) is 0.298. The first kappa shape index (κ1) is 22.0. The molecular formula is C25H25FN2O3. The Kier molecular flexibility index (Phi) is 7.76. The van der Waals surface area contributed by atoms with Crippen LogP contribution in [-0.2, 0) is 22.6 Å². The summed E-state index contributed by atoms with van der Waals surface area (Å²) in [5.74, 6) is -0.620. The number of para-hydroxylation sites is 1. The van der Waals surface area contributed by atoms with Crippen LogP contribution in [0.5, 0.6) is 5.75 Å². The van der Waals surface area contributed by atoms with Crippen LogP contribution in [0.15, 0.2) is 84.9 Å². The van der Waals surface area contributed by atoms with Crippen molar-refractivity contribution in [2.75, 3.05) is 13.7 Å². The van der Waals surface area contributed by atoms with E-state index in [9.17, 15) is 14.0 Å². The molecule has 3 aromatic rings. The Balaban J connectivity index is 1.88. The molecule has 5 nitrogen and oxygen atoms in total. The summed E-state index contributed by atoms with van der Waals surface area (Å²) in [5, 5.41) is 2.63. The van der Waals surface area contributed by atoms with Gasteiger partial charge in [-0.25, -0.2) is 4.39 Å². The lowest BCUT2D eigenvalue weighted by Crippen LogP contribution is -2.51. The van der Waals surface area contributed by atoms with E-state index in [0.29, 0.717) is 17.7 Å². The minimum absolute atomic E-state index is 0.0470. The van der Waals surface area contributed by atoms with E-state index >= 15 is 0 Å². The number of likely N-dealkylation sites (N-methyl/N-ethyl adjacent to an activating group) is 1. The monoisotopic (exact) mass is 420 g/mol. The topological polar surface area (TPSA) is 58.6 Å². The zero-order chi connectivity index (χ0) is 22.1. The van der Waals surface area contributed by atoms with Crippen LogP contribution in [0.1, 0.15) is 11.1 Å². The quantitative estimate of drug-likeness (QED) is 0.576. The van der Waals surface area contributed by atoms with Gasteiger partial charge in [0.15, 0.2) is 6.61 Å². The van der Waals surface area contributed by atoms with Gasteiger partial charge in [0.2, 0.25) is 5.91 Å². The molecular weight excluding hydrogens is 395 g/mol. The third-order valence-electron chi connectivity index (χ3n) is 4.92. The number of rotatable bonds is 9. The molecule has 0 aromatic heterocycles. The van der Waals surface area contributed by atoms with Crippen LogP contribution < -0.4 is 10.1 Å². The van der Waals surface area contributed by atoms with Gasteiger partial charge in [-0.15, -0.1) is 0 Å². The van der Waals surface area contributed by atoms with E-state index in [1.165, 1.54) is 18.0 Å². The number of halogens is 1. The molecule has 160 valence electrons. The van der Waals surface area contributed by atoms with E-state index in [4.69, 9.17) is 4.74 Å². The molecule has 0 bridgehead atoms. The van der Waals surface area contributed by atoms with Crippen molar-refractivity contribution in [2.45, 2.75) is 19.0 Å². The van der Waals surface area contributed by atoms with Crippen molar-refractivity contribution in [1.29, 1.82) is 0 Å². The summed E-state index contributed by atoms with van der Waals surface area (Å²) in [5.41, 5.74) is 1.23.